The number of likely N-dealkylation sites (N-methyl/N-ethyl adjacent to an activating group) is 1. The molecule has 1 fully saturated rings. The maximum absolute atomic E-state index is 12.9. The molecule has 0 bridgehead atoms. The van der Waals surface area contributed by atoms with Gasteiger partial charge in [0, 0.05) is 19.0 Å². The molecule has 0 saturated carbocycles. The second kappa shape index (κ2) is 9.83. The van der Waals surface area contributed by atoms with E-state index in [1.807, 2.05) is 6.07 Å². The minimum Gasteiger partial charge on any atom is -0.340 e. The zero-order chi connectivity index (χ0) is 17.4. The van der Waals surface area contributed by atoms with Crippen molar-refractivity contribution < 1.29 is 4.79 Å². The predicted molar refractivity (Wildman–Crippen MR) is 101 cm³/mol. The molecule has 3 atom stereocenters. The van der Waals surface area contributed by atoms with Gasteiger partial charge in [0.25, 0.3) is 0 Å². The molecule has 3 nitrogen and oxygen atoms in total. The van der Waals surface area contributed by atoms with Crippen LogP contribution in [0, 0.1) is 11.8 Å². The first-order valence-corrected chi connectivity index (χ1v) is 9.69. The summed E-state index contributed by atoms with van der Waals surface area (Å²) < 4.78 is 0. The number of carbonyl (C=O) groups is 1. The Morgan fingerprint density at radius 1 is 1.29 bits per heavy atom. The van der Waals surface area contributed by atoms with Gasteiger partial charge in [-0.05, 0) is 63.1 Å². The largest absolute Gasteiger partial charge is 0.340 e. The number of nitrogens with zero attached hydrogens (tertiary/aromatic N) is 1. The molecule has 3 heteroatoms. The molecular formula is C21H34N2O. The average molecular weight is 331 g/mol. The van der Waals surface area contributed by atoms with Crippen LogP contribution in [0.4, 0.5) is 0 Å². The highest BCUT2D eigenvalue weighted by Gasteiger charge is 2.26. The molecule has 0 spiro atoms. The lowest BCUT2D eigenvalue weighted by atomic mass is 9.85. The van der Waals surface area contributed by atoms with Crippen LogP contribution in [-0.2, 0) is 11.2 Å². The lowest BCUT2D eigenvalue weighted by Gasteiger charge is -2.33. The summed E-state index contributed by atoms with van der Waals surface area (Å²) in [7, 11) is 0. The molecule has 1 amide bonds. The number of rotatable bonds is 8. The minimum absolute atomic E-state index is 0.307. The van der Waals surface area contributed by atoms with Crippen molar-refractivity contribution in [3.63, 3.8) is 0 Å². The summed E-state index contributed by atoms with van der Waals surface area (Å²) in [5.74, 6) is 1.45. The zero-order valence-electron chi connectivity index (χ0n) is 15.6. The lowest BCUT2D eigenvalue weighted by Crippen LogP contribution is -2.43. The van der Waals surface area contributed by atoms with Gasteiger partial charge in [0.2, 0.25) is 5.91 Å². The van der Waals surface area contributed by atoms with Crippen molar-refractivity contribution in [2.24, 2.45) is 11.8 Å². The summed E-state index contributed by atoms with van der Waals surface area (Å²) in [6.45, 7) is 9.56. The van der Waals surface area contributed by atoms with Crippen LogP contribution in [0.25, 0.3) is 0 Å². The quantitative estimate of drug-likeness (QED) is 0.784. The normalized spacial score (nSPS) is 20.4. The Morgan fingerprint density at radius 3 is 2.62 bits per heavy atom. The lowest BCUT2D eigenvalue weighted by molar-refractivity contribution is -0.134. The van der Waals surface area contributed by atoms with Gasteiger partial charge in [-0.25, -0.2) is 0 Å². The van der Waals surface area contributed by atoms with E-state index in [1.165, 1.54) is 18.4 Å². The first-order chi connectivity index (χ1) is 11.7. The molecule has 134 valence electrons. The van der Waals surface area contributed by atoms with Crippen molar-refractivity contribution >= 4 is 5.91 Å². The molecule has 0 radical (unpaired) electrons. The second-order valence-corrected chi connectivity index (χ2v) is 7.22. The van der Waals surface area contributed by atoms with E-state index in [0.29, 0.717) is 30.2 Å². The Labute approximate surface area is 147 Å². The molecule has 1 heterocycles. The molecule has 1 aromatic carbocycles. The third-order valence-corrected chi connectivity index (χ3v) is 5.52. The Bertz CT molecular complexity index is 482. The van der Waals surface area contributed by atoms with E-state index in [9.17, 15) is 4.79 Å². The first kappa shape index (κ1) is 19.0. The Hall–Kier alpha value is -1.35. The van der Waals surface area contributed by atoms with Crippen molar-refractivity contribution in [3.05, 3.63) is 35.9 Å². The maximum atomic E-state index is 12.9. The highest BCUT2D eigenvalue weighted by molar-refractivity contribution is 5.76. The van der Waals surface area contributed by atoms with Gasteiger partial charge in [0.1, 0.15) is 0 Å². The average Bonchev–Trinajstić information content (AvgIpc) is 2.63. The Balaban J connectivity index is 1.95. The van der Waals surface area contributed by atoms with Crippen molar-refractivity contribution in [1.82, 2.24) is 10.2 Å². The Morgan fingerprint density at radius 2 is 2.04 bits per heavy atom. The monoisotopic (exact) mass is 330 g/mol. The standard InChI is InChI=1S/C21H34N2O/c1-4-20(15-18-10-7-6-8-11-18)23(5-2)21(24)14-17(3)19-12-9-13-22-16-19/h6-8,10-11,17,19-20,22H,4-5,9,12-16H2,1-3H3. The van der Waals surface area contributed by atoms with E-state index in [-0.39, 0.29) is 0 Å². The molecule has 1 aliphatic rings. The number of benzene rings is 1. The van der Waals surface area contributed by atoms with Gasteiger partial charge in [0.15, 0.2) is 0 Å². The van der Waals surface area contributed by atoms with Crippen LogP contribution in [0.2, 0.25) is 0 Å². The SMILES string of the molecule is CCC(Cc1ccccc1)N(CC)C(=O)CC(C)C1CCCNC1. The van der Waals surface area contributed by atoms with Gasteiger partial charge < -0.3 is 10.2 Å². The van der Waals surface area contributed by atoms with Crippen LogP contribution in [0.5, 0.6) is 0 Å². The summed E-state index contributed by atoms with van der Waals surface area (Å²) >= 11 is 0. The predicted octanol–water partition coefficient (Wildman–Crippen LogP) is 3.88. The van der Waals surface area contributed by atoms with Crippen LogP contribution < -0.4 is 5.32 Å². The number of amides is 1. The van der Waals surface area contributed by atoms with E-state index >= 15 is 0 Å². The van der Waals surface area contributed by atoms with E-state index in [4.69, 9.17) is 0 Å². The molecule has 24 heavy (non-hydrogen) atoms. The fourth-order valence-corrected chi connectivity index (χ4v) is 3.92. The van der Waals surface area contributed by atoms with Crippen LogP contribution in [0.1, 0.15) is 52.0 Å². The van der Waals surface area contributed by atoms with Gasteiger partial charge in [-0.1, -0.05) is 44.2 Å². The summed E-state index contributed by atoms with van der Waals surface area (Å²) in [5, 5.41) is 3.47. The van der Waals surface area contributed by atoms with Crippen LogP contribution >= 0.6 is 0 Å². The molecule has 2 rings (SSSR count). The van der Waals surface area contributed by atoms with E-state index in [1.54, 1.807) is 0 Å². The molecule has 1 saturated heterocycles. The minimum atomic E-state index is 0.307. The van der Waals surface area contributed by atoms with Gasteiger partial charge in [-0.15, -0.1) is 0 Å². The van der Waals surface area contributed by atoms with Crippen molar-refractivity contribution in [2.75, 3.05) is 19.6 Å². The second-order valence-electron chi connectivity index (χ2n) is 7.22. The maximum Gasteiger partial charge on any atom is 0.223 e. The van der Waals surface area contributed by atoms with Crippen LogP contribution in [-0.4, -0.2) is 36.5 Å². The number of piperidine rings is 1. The number of carbonyl (C=O) groups excluding carboxylic acids is 1. The molecule has 0 aliphatic carbocycles. The smallest absolute Gasteiger partial charge is 0.223 e. The number of hydrogen-bond donors (Lipinski definition) is 1. The third kappa shape index (κ3) is 5.34. The molecule has 1 aromatic rings. The molecule has 1 N–H and O–H groups in total. The van der Waals surface area contributed by atoms with Gasteiger partial charge in [-0.3, -0.25) is 4.79 Å². The van der Waals surface area contributed by atoms with Crippen LogP contribution in [0.15, 0.2) is 30.3 Å². The third-order valence-electron chi connectivity index (χ3n) is 5.52. The zero-order valence-corrected chi connectivity index (χ0v) is 15.6. The highest BCUT2D eigenvalue weighted by Crippen LogP contribution is 2.24. The number of hydrogen-bond acceptors (Lipinski definition) is 2. The fourth-order valence-electron chi connectivity index (χ4n) is 3.92. The van der Waals surface area contributed by atoms with E-state index < -0.39 is 0 Å². The topological polar surface area (TPSA) is 32.3 Å². The molecule has 0 aromatic heterocycles. The first-order valence-electron chi connectivity index (χ1n) is 9.69. The van der Waals surface area contributed by atoms with Crippen molar-refractivity contribution in [3.8, 4) is 0 Å². The van der Waals surface area contributed by atoms with Gasteiger partial charge in [0.05, 0.1) is 0 Å². The summed E-state index contributed by atoms with van der Waals surface area (Å²) in [4.78, 5) is 15.0. The van der Waals surface area contributed by atoms with Crippen molar-refractivity contribution in [1.29, 1.82) is 0 Å². The molecule has 1 aliphatic heterocycles. The molecular weight excluding hydrogens is 296 g/mol. The van der Waals surface area contributed by atoms with Crippen molar-refractivity contribution in [2.45, 2.75) is 58.9 Å². The molecule has 3 unspecified atom stereocenters. The highest BCUT2D eigenvalue weighted by atomic mass is 16.2. The van der Waals surface area contributed by atoms with Crippen LogP contribution in [0.3, 0.4) is 0 Å². The summed E-state index contributed by atoms with van der Waals surface area (Å²) in [6.07, 6.45) is 5.15. The van der Waals surface area contributed by atoms with Gasteiger partial charge in [-0.2, -0.15) is 0 Å². The summed E-state index contributed by atoms with van der Waals surface area (Å²) in [5.41, 5.74) is 1.32. The fraction of sp³-hybridized carbons (Fsp3) is 0.667. The number of nitrogens with one attached hydrogen (secondary N) is 1. The summed E-state index contributed by atoms with van der Waals surface area (Å²) in [6, 6.07) is 10.8. The van der Waals surface area contributed by atoms with Gasteiger partial charge >= 0.3 is 0 Å². The van der Waals surface area contributed by atoms with E-state index in [0.717, 1.165) is 32.5 Å². The van der Waals surface area contributed by atoms with E-state index in [2.05, 4.69) is 55.3 Å². The Kier molecular flexibility index (Phi) is 7.77.